The quantitative estimate of drug-likeness (QED) is 0.184. The molecule has 0 aliphatic carbocycles. The molecule has 5 heterocycles. The number of rotatable bonds is 3. The lowest BCUT2D eigenvalue weighted by Crippen LogP contribution is -2.02. The first-order valence-electron chi connectivity index (χ1n) is 17.4. The van der Waals surface area contributed by atoms with Gasteiger partial charge in [0, 0.05) is 63.1 Å². The first-order chi connectivity index (χ1) is 25.8. The van der Waals surface area contributed by atoms with E-state index in [1.54, 1.807) is 11.3 Å². The Bertz CT molecular complexity index is 3420. The van der Waals surface area contributed by atoms with Crippen LogP contribution < -0.4 is 0 Å². The van der Waals surface area contributed by atoms with Gasteiger partial charge in [0.05, 0.1) is 38.0 Å². The first-order valence-corrected chi connectivity index (χ1v) is 19.1. The highest BCUT2D eigenvalue weighted by molar-refractivity contribution is 7.27. The summed E-state index contributed by atoms with van der Waals surface area (Å²) in [5.41, 5.74) is 8.75. The fourth-order valence-electron chi connectivity index (χ4n) is 8.30. The summed E-state index contributed by atoms with van der Waals surface area (Å²) in [6.45, 7) is 0. The van der Waals surface area contributed by atoms with Crippen molar-refractivity contribution in [2.75, 3.05) is 0 Å². The van der Waals surface area contributed by atoms with Crippen LogP contribution in [-0.4, -0.2) is 19.1 Å². The number of hydrogen-bond acceptors (Lipinski definition) is 4. The van der Waals surface area contributed by atoms with E-state index >= 15 is 0 Å². The van der Waals surface area contributed by atoms with Crippen molar-refractivity contribution >= 4 is 107 Å². The van der Waals surface area contributed by atoms with E-state index in [2.05, 4.69) is 167 Å². The van der Waals surface area contributed by atoms with Gasteiger partial charge in [0.25, 0.3) is 0 Å². The Morgan fingerprint density at radius 3 is 1.85 bits per heavy atom. The van der Waals surface area contributed by atoms with Crippen LogP contribution in [-0.2, 0) is 0 Å². The highest BCUT2D eigenvalue weighted by Gasteiger charge is 2.22. The number of aromatic nitrogens is 4. The van der Waals surface area contributed by atoms with E-state index in [1.807, 2.05) is 11.3 Å². The van der Waals surface area contributed by atoms with E-state index in [-0.39, 0.29) is 0 Å². The van der Waals surface area contributed by atoms with Crippen molar-refractivity contribution in [3.05, 3.63) is 158 Å². The van der Waals surface area contributed by atoms with E-state index < -0.39 is 0 Å². The summed E-state index contributed by atoms with van der Waals surface area (Å²) in [5, 5.41) is 8.64. The predicted molar refractivity (Wildman–Crippen MR) is 222 cm³/mol. The molecule has 5 aromatic heterocycles. The van der Waals surface area contributed by atoms with Gasteiger partial charge in [-0.2, -0.15) is 0 Å². The Labute approximate surface area is 305 Å². The largest absolute Gasteiger partial charge is 0.309 e. The SMILES string of the molecule is c1ccc(-n2c3ccccc3c3cc(-c4nc(-n5c6ccccc6c6c7sc8ccccc8c7ccc65)nc5c4sc4ccccc45)ccc32)cc1. The van der Waals surface area contributed by atoms with E-state index in [4.69, 9.17) is 9.97 Å². The molecule has 12 rings (SSSR count). The van der Waals surface area contributed by atoms with Crippen LogP contribution in [0.15, 0.2) is 158 Å². The van der Waals surface area contributed by atoms with Crippen LogP contribution in [0.5, 0.6) is 0 Å². The fraction of sp³-hybridized carbons (Fsp3) is 0. The Morgan fingerprint density at radius 1 is 0.404 bits per heavy atom. The van der Waals surface area contributed by atoms with Crippen molar-refractivity contribution in [1.82, 2.24) is 19.1 Å². The average Bonchev–Trinajstić information content (AvgIpc) is 3.95. The fourth-order valence-corrected chi connectivity index (χ4v) is 10.7. The summed E-state index contributed by atoms with van der Waals surface area (Å²) in [5.74, 6) is 0.685. The lowest BCUT2D eigenvalue weighted by Gasteiger charge is -2.11. The molecule has 12 aromatic rings. The molecule has 6 heteroatoms. The molecule has 0 amide bonds. The third kappa shape index (κ3) is 3.85. The van der Waals surface area contributed by atoms with Gasteiger partial charge in [0.1, 0.15) is 0 Å². The third-order valence-corrected chi connectivity index (χ3v) is 12.9. The molecular weight excluding hydrogens is 673 g/mol. The van der Waals surface area contributed by atoms with Crippen LogP contribution >= 0.6 is 22.7 Å². The Morgan fingerprint density at radius 2 is 1.02 bits per heavy atom. The lowest BCUT2D eigenvalue weighted by molar-refractivity contribution is 1.02. The van der Waals surface area contributed by atoms with Crippen molar-refractivity contribution in [3.63, 3.8) is 0 Å². The minimum atomic E-state index is 0.685. The topological polar surface area (TPSA) is 35.6 Å². The lowest BCUT2D eigenvalue weighted by atomic mass is 10.1. The smallest absolute Gasteiger partial charge is 0.235 e. The van der Waals surface area contributed by atoms with Crippen LogP contribution in [0.3, 0.4) is 0 Å². The highest BCUT2D eigenvalue weighted by Crippen LogP contribution is 2.45. The highest BCUT2D eigenvalue weighted by atomic mass is 32.1. The summed E-state index contributed by atoms with van der Waals surface area (Å²) in [6, 6.07) is 56.7. The molecule has 0 unspecified atom stereocenters. The van der Waals surface area contributed by atoms with Crippen LogP contribution in [0.2, 0.25) is 0 Å². The molecule has 0 saturated carbocycles. The molecule has 0 aliphatic heterocycles. The number of para-hydroxylation sites is 3. The summed E-state index contributed by atoms with van der Waals surface area (Å²) in [4.78, 5) is 11.0. The number of fused-ring (bicyclic) bond motifs is 13. The van der Waals surface area contributed by atoms with Crippen LogP contribution in [0.25, 0.3) is 107 Å². The molecular formula is C46H26N4S2. The number of hydrogen-bond donors (Lipinski definition) is 0. The zero-order valence-corrected chi connectivity index (χ0v) is 29.2. The molecule has 0 atom stereocenters. The molecule has 0 radical (unpaired) electrons. The van der Waals surface area contributed by atoms with Crippen molar-refractivity contribution in [2.24, 2.45) is 0 Å². The summed E-state index contributed by atoms with van der Waals surface area (Å²) < 4.78 is 9.56. The minimum Gasteiger partial charge on any atom is -0.309 e. The van der Waals surface area contributed by atoms with Crippen molar-refractivity contribution in [3.8, 4) is 22.9 Å². The second kappa shape index (κ2) is 10.6. The number of thiophene rings is 2. The molecule has 4 nitrogen and oxygen atoms in total. The molecule has 0 bridgehead atoms. The van der Waals surface area contributed by atoms with Crippen LogP contribution in [0.4, 0.5) is 0 Å². The van der Waals surface area contributed by atoms with Gasteiger partial charge in [0.2, 0.25) is 5.95 Å². The first kappa shape index (κ1) is 28.4. The van der Waals surface area contributed by atoms with Crippen LogP contribution in [0, 0.1) is 0 Å². The normalized spacial score (nSPS) is 12.2. The monoisotopic (exact) mass is 698 g/mol. The molecule has 0 fully saturated rings. The maximum absolute atomic E-state index is 5.54. The maximum atomic E-state index is 5.54. The molecule has 0 N–H and O–H groups in total. The van der Waals surface area contributed by atoms with Gasteiger partial charge in [-0.25, -0.2) is 9.97 Å². The summed E-state index contributed by atoms with van der Waals surface area (Å²) in [7, 11) is 0. The van der Waals surface area contributed by atoms with Gasteiger partial charge >= 0.3 is 0 Å². The number of benzene rings is 7. The van der Waals surface area contributed by atoms with E-state index in [0.29, 0.717) is 5.95 Å². The van der Waals surface area contributed by atoms with Gasteiger partial charge in [-0.15, -0.1) is 22.7 Å². The molecule has 52 heavy (non-hydrogen) atoms. The average molecular weight is 699 g/mol. The van der Waals surface area contributed by atoms with Crippen molar-refractivity contribution < 1.29 is 0 Å². The second-order valence-corrected chi connectivity index (χ2v) is 15.5. The second-order valence-electron chi connectivity index (χ2n) is 13.4. The molecule has 7 aromatic carbocycles. The minimum absolute atomic E-state index is 0.685. The Balaban J connectivity index is 1.18. The summed E-state index contributed by atoms with van der Waals surface area (Å²) in [6.07, 6.45) is 0. The zero-order chi connectivity index (χ0) is 33.9. The molecule has 0 saturated heterocycles. The molecule has 242 valence electrons. The predicted octanol–water partition coefficient (Wildman–Crippen LogP) is 13.1. The van der Waals surface area contributed by atoms with Crippen LogP contribution in [0.1, 0.15) is 0 Å². The van der Waals surface area contributed by atoms with Gasteiger partial charge in [0.15, 0.2) is 0 Å². The van der Waals surface area contributed by atoms with Gasteiger partial charge in [-0.05, 0) is 54.6 Å². The number of nitrogens with zero attached hydrogens (tertiary/aromatic N) is 4. The third-order valence-electron chi connectivity index (χ3n) is 10.5. The van der Waals surface area contributed by atoms with Crippen molar-refractivity contribution in [1.29, 1.82) is 0 Å². The van der Waals surface area contributed by atoms with Crippen molar-refractivity contribution in [2.45, 2.75) is 0 Å². The van der Waals surface area contributed by atoms with E-state index in [0.717, 1.165) is 43.6 Å². The van der Waals surface area contributed by atoms with E-state index in [1.165, 1.54) is 57.5 Å². The van der Waals surface area contributed by atoms with Gasteiger partial charge in [-0.1, -0.05) is 103 Å². The van der Waals surface area contributed by atoms with Gasteiger partial charge < -0.3 is 4.57 Å². The van der Waals surface area contributed by atoms with E-state index in [9.17, 15) is 0 Å². The van der Waals surface area contributed by atoms with Gasteiger partial charge in [-0.3, -0.25) is 4.57 Å². The zero-order valence-electron chi connectivity index (χ0n) is 27.6. The Hall–Kier alpha value is -6.34. The molecule has 0 spiro atoms. The maximum Gasteiger partial charge on any atom is 0.235 e. The Kier molecular flexibility index (Phi) is 5.78. The standard InChI is InChI=1S/C46H26N4S2/c1-2-12-28(13-3-1)49-35-18-8-4-14-29(35)34-26-27(22-24-37(34)49)42-45-43(33-17-7-11-21-40(33)52-45)48-46(47-42)50-36-19-9-5-16-32(36)41-38(50)25-23-31-30-15-6-10-20-39(30)51-44(31)41/h1-26H. The summed E-state index contributed by atoms with van der Waals surface area (Å²) >= 11 is 3.64. The molecule has 0 aliphatic rings.